The van der Waals surface area contributed by atoms with Gasteiger partial charge in [0, 0.05) is 30.0 Å². The topological polar surface area (TPSA) is 51.7 Å². The van der Waals surface area contributed by atoms with Crippen LogP contribution in [-0.4, -0.2) is 39.8 Å². The number of hydrogen-bond donors (Lipinski definition) is 0. The summed E-state index contributed by atoms with van der Waals surface area (Å²) < 4.78 is 26.4. The smallest absolute Gasteiger partial charge is 0.410 e. The Morgan fingerprint density at radius 1 is 1.13 bits per heavy atom. The number of carbonyl (C=O) groups is 1. The van der Waals surface area contributed by atoms with E-state index in [4.69, 9.17) is 9.47 Å². The zero-order valence-corrected chi connectivity index (χ0v) is 17.8. The molecule has 1 amide bonds. The fourth-order valence-electron chi connectivity index (χ4n) is 4.58. The van der Waals surface area contributed by atoms with Crippen LogP contribution in [0.2, 0.25) is 0 Å². The summed E-state index contributed by atoms with van der Waals surface area (Å²) in [5.41, 5.74) is 1.80. The number of pyridine rings is 1. The standard InChI is InChI=1S/C24H29FN2O3/c1-24(2,3)30-23(28)27-17-7-8-18(27)14-19(13-17)29-15-21-20(5-4-6-22(21)25)16-9-11-26-12-10-16/h4-6,9-12,17-19H,7-8,13-15H2,1-3H3. The van der Waals surface area contributed by atoms with Gasteiger partial charge in [0.05, 0.1) is 12.7 Å². The van der Waals surface area contributed by atoms with Crippen LogP contribution in [0.25, 0.3) is 11.1 Å². The first-order valence-electron chi connectivity index (χ1n) is 10.6. The summed E-state index contributed by atoms with van der Waals surface area (Å²) in [6, 6.07) is 9.10. The summed E-state index contributed by atoms with van der Waals surface area (Å²) in [4.78, 5) is 18.6. The third-order valence-corrected chi connectivity index (χ3v) is 5.87. The predicted octanol–water partition coefficient (Wildman–Crippen LogP) is 5.33. The number of halogens is 1. The molecule has 0 saturated carbocycles. The van der Waals surface area contributed by atoms with Crippen LogP contribution in [0, 0.1) is 5.82 Å². The molecule has 0 aliphatic carbocycles. The van der Waals surface area contributed by atoms with Crippen LogP contribution < -0.4 is 0 Å². The first-order chi connectivity index (χ1) is 14.3. The van der Waals surface area contributed by atoms with E-state index < -0.39 is 5.60 Å². The lowest BCUT2D eigenvalue weighted by molar-refractivity contribution is -0.0400. The fraction of sp³-hybridized carbons (Fsp3) is 0.500. The van der Waals surface area contributed by atoms with Crippen molar-refractivity contribution >= 4 is 6.09 Å². The maximum atomic E-state index is 14.6. The number of rotatable bonds is 4. The minimum atomic E-state index is -0.502. The zero-order chi connectivity index (χ0) is 21.3. The highest BCUT2D eigenvalue weighted by molar-refractivity contribution is 5.70. The number of aromatic nitrogens is 1. The molecular weight excluding hydrogens is 383 g/mol. The molecule has 4 rings (SSSR count). The second-order valence-corrected chi connectivity index (χ2v) is 9.18. The number of carbonyl (C=O) groups excluding carboxylic acids is 1. The lowest BCUT2D eigenvalue weighted by Gasteiger charge is -2.39. The number of fused-ring (bicyclic) bond motifs is 2. The summed E-state index contributed by atoms with van der Waals surface area (Å²) >= 11 is 0. The summed E-state index contributed by atoms with van der Waals surface area (Å²) in [6.45, 7) is 5.87. The van der Waals surface area contributed by atoms with E-state index in [1.54, 1.807) is 18.5 Å². The minimum absolute atomic E-state index is 0.00563. The Morgan fingerprint density at radius 2 is 1.80 bits per heavy atom. The summed E-state index contributed by atoms with van der Waals surface area (Å²) in [5.74, 6) is -0.265. The number of amides is 1. The van der Waals surface area contributed by atoms with Crippen LogP contribution in [0.15, 0.2) is 42.7 Å². The van der Waals surface area contributed by atoms with Crippen molar-refractivity contribution in [2.75, 3.05) is 0 Å². The molecule has 2 bridgehead atoms. The van der Waals surface area contributed by atoms with Crippen molar-refractivity contribution in [3.05, 3.63) is 54.1 Å². The average molecular weight is 413 g/mol. The maximum Gasteiger partial charge on any atom is 0.410 e. The van der Waals surface area contributed by atoms with E-state index in [-0.39, 0.29) is 36.7 Å². The average Bonchev–Trinajstić information content (AvgIpc) is 2.97. The van der Waals surface area contributed by atoms with Gasteiger partial charge >= 0.3 is 6.09 Å². The normalized spacial score (nSPS) is 23.5. The van der Waals surface area contributed by atoms with Gasteiger partial charge in [0.25, 0.3) is 0 Å². The monoisotopic (exact) mass is 412 g/mol. The molecule has 1 aromatic heterocycles. The van der Waals surface area contributed by atoms with Gasteiger partial charge in [-0.05, 0) is 75.8 Å². The van der Waals surface area contributed by atoms with Crippen molar-refractivity contribution in [3.63, 3.8) is 0 Å². The SMILES string of the molecule is CC(C)(C)OC(=O)N1C2CCC1CC(OCc1c(F)cccc1-c1ccncc1)C2. The highest BCUT2D eigenvalue weighted by atomic mass is 19.1. The quantitative estimate of drug-likeness (QED) is 0.681. The summed E-state index contributed by atoms with van der Waals surface area (Å²) in [7, 11) is 0. The number of benzene rings is 1. The van der Waals surface area contributed by atoms with Gasteiger partial charge in [-0.3, -0.25) is 4.98 Å². The minimum Gasteiger partial charge on any atom is -0.444 e. The lowest BCUT2D eigenvalue weighted by Crippen LogP contribution is -2.50. The van der Waals surface area contributed by atoms with Gasteiger partial charge in [-0.2, -0.15) is 0 Å². The molecule has 30 heavy (non-hydrogen) atoms. The molecule has 2 unspecified atom stereocenters. The molecule has 6 heteroatoms. The van der Waals surface area contributed by atoms with Crippen molar-refractivity contribution < 1.29 is 18.7 Å². The van der Waals surface area contributed by atoms with Gasteiger partial charge in [-0.25, -0.2) is 9.18 Å². The largest absolute Gasteiger partial charge is 0.444 e. The number of ether oxygens (including phenoxy) is 2. The van der Waals surface area contributed by atoms with Crippen molar-refractivity contribution in [1.82, 2.24) is 9.88 Å². The Hall–Kier alpha value is -2.47. The van der Waals surface area contributed by atoms with Gasteiger partial charge in [0.15, 0.2) is 0 Å². The highest BCUT2D eigenvalue weighted by Gasteiger charge is 2.45. The van der Waals surface area contributed by atoms with Crippen molar-refractivity contribution in [1.29, 1.82) is 0 Å². The molecule has 0 spiro atoms. The zero-order valence-electron chi connectivity index (χ0n) is 17.8. The van der Waals surface area contributed by atoms with Crippen LogP contribution in [-0.2, 0) is 16.1 Å². The van der Waals surface area contributed by atoms with Gasteiger partial charge in [-0.1, -0.05) is 12.1 Å². The Kier molecular flexibility index (Phi) is 5.78. The summed E-state index contributed by atoms with van der Waals surface area (Å²) in [5, 5.41) is 0. The van der Waals surface area contributed by atoms with E-state index in [0.717, 1.165) is 36.8 Å². The van der Waals surface area contributed by atoms with Gasteiger partial charge in [0.2, 0.25) is 0 Å². The molecule has 2 atom stereocenters. The Morgan fingerprint density at radius 3 is 2.43 bits per heavy atom. The molecule has 2 fully saturated rings. The molecule has 0 radical (unpaired) electrons. The van der Waals surface area contributed by atoms with Crippen LogP contribution in [0.4, 0.5) is 9.18 Å². The molecule has 160 valence electrons. The van der Waals surface area contributed by atoms with E-state index in [9.17, 15) is 9.18 Å². The van der Waals surface area contributed by atoms with E-state index in [0.29, 0.717) is 5.56 Å². The Bertz CT molecular complexity index is 883. The first kappa shape index (κ1) is 20.8. The second kappa shape index (κ2) is 8.34. The molecule has 0 N–H and O–H groups in total. The van der Waals surface area contributed by atoms with E-state index in [1.807, 2.05) is 43.9 Å². The van der Waals surface area contributed by atoms with Crippen LogP contribution >= 0.6 is 0 Å². The number of hydrogen-bond acceptors (Lipinski definition) is 4. The summed E-state index contributed by atoms with van der Waals surface area (Å²) in [6.07, 6.45) is 6.62. The fourth-order valence-corrected chi connectivity index (χ4v) is 4.58. The van der Waals surface area contributed by atoms with Crippen LogP contribution in [0.3, 0.4) is 0 Å². The third-order valence-electron chi connectivity index (χ3n) is 5.87. The molecule has 1 aromatic carbocycles. The van der Waals surface area contributed by atoms with Crippen LogP contribution in [0.1, 0.15) is 52.0 Å². The molecule has 2 aliphatic heterocycles. The van der Waals surface area contributed by atoms with Crippen molar-refractivity contribution in [2.45, 2.75) is 76.9 Å². The molecule has 2 saturated heterocycles. The predicted molar refractivity (Wildman–Crippen MR) is 112 cm³/mol. The number of piperidine rings is 1. The molecule has 2 aromatic rings. The maximum absolute atomic E-state index is 14.6. The van der Waals surface area contributed by atoms with Gasteiger partial charge in [-0.15, -0.1) is 0 Å². The van der Waals surface area contributed by atoms with Crippen molar-refractivity contribution in [3.8, 4) is 11.1 Å². The molecule has 2 aliphatic rings. The Balaban J connectivity index is 1.43. The number of nitrogens with zero attached hydrogens (tertiary/aromatic N) is 2. The van der Waals surface area contributed by atoms with E-state index in [2.05, 4.69) is 4.98 Å². The van der Waals surface area contributed by atoms with Crippen LogP contribution in [0.5, 0.6) is 0 Å². The van der Waals surface area contributed by atoms with E-state index >= 15 is 0 Å². The van der Waals surface area contributed by atoms with E-state index in [1.165, 1.54) is 6.07 Å². The highest BCUT2D eigenvalue weighted by Crippen LogP contribution is 2.38. The van der Waals surface area contributed by atoms with Gasteiger partial charge < -0.3 is 14.4 Å². The molecule has 3 heterocycles. The molecule has 5 nitrogen and oxygen atoms in total. The first-order valence-corrected chi connectivity index (χ1v) is 10.6. The Labute approximate surface area is 177 Å². The third kappa shape index (κ3) is 4.48. The second-order valence-electron chi connectivity index (χ2n) is 9.18. The van der Waals surface area contributed by atoms with Crippen molar-refractivity contribution in [2.24, 2.45) is 0 Å². The lowest BCUT2D eigenvalue weighted by atomic mass is 9.99. The van der Waals surface area contributed by atoms with Gasteiger partial charge in [0.1, 0.15) is 11.4 Å². The molecular formula is C24H29FN2O3.